The molecule has 3 amide bonds. The average molecular weight is 477 g/mol. The van der Waals surface area contributed by atoms with Crippen molar-refractivity contribution >= 4 is 38.4 Å². The monoisotopic (exact) mass is 477 g/mol. The molecule has 0 radical (unpaired) electrons. The minimum Gasteiger partial charge on any atom is -0.323 e. The Kier molecular flexibility index (Phi) is 5.19. The number of pyridine rings is 1. The molecule has 0 aliphatic carbocycles. The largest absolute Gasteiger partial charge is 0.501 e. The number of hydrogen-bond donors (Lipinski definition) is 1. The first-order valence-electron chi connectivity index (χ1n) is 9.76. The highest BCUT2D eigenvalue weighted by molar-refractivity contribution is 7.92. The second-order valence-electron chi connectivity index (χ2n) is 7.96. The molecule has 1 aliphatic rings. The smallest absolute Gasteiger partial charge is 0.323 e. The Bertz CT molecular complexity index is 1390. The third-order valence-electron chi connectivity index (χ3n) is 5.60. The third kappa shape index (κ3) is 3.71. The van der Waals surface area contributed by atoms with Crippen molar-refractivity contribution in [1.29, 1.82) is 0 Å². The zero-order valence-electron chi connectivity index (χ0n) is 17.5. The van der Waals surface area contributed by atoms with Crippen LogP contribution in [0, 0.1) is 6.92 Å². The summed E-state index contributed by atoms with van der Waals surface area (Å²) in [4.78, 5) is 30.1. The minimum absolute atomic E-state index is 0.0429. The third-order valence-corrected chi connectivity index (χ3v) is 7.11. The number of aromatic nitrogens is 1. The standard InChI is InChI=1S/C22H18F3N3O4S/c1-13-12-26-18-6-4-3-5-16(18)17(13)11-21(2)19(29)28(20(30)27-21)14-7-9-15(10-8-14)33(31,32)22(23,24)25/h3-10,12H,11H2,1-2H3,(H,27,30). The van der Waals surface area contributed by atoms with E-state index in [0.29, 0.717) is 0 Å². The number of sulfone groups is 1. The van der Waals surface area contributed by atoms with Crippen molar-refractivity contribution in [2.45, 2.75) is 36.2 Å². The summed E-state index contributed by atoms with van der Waals surface area (Å²) in [6.45, 7) is 3.40. The van der Waals surface area contributed by atoms with Crippen LogP contribution in [0.3, 0.4) is 0 Å². The highest BCUT2D eigenvalue weighted by Gasteiger charge is 2.49. The Labute approximate surface area is 187 Å². The molecule has 7 nitrogen and oxygen atoms in total. The SMILES string of the molecule is Cc1cnc2ccccc2c1CC1(C)NC(=O)N(c2ccc(S(=O)(=O)C(F)(F)F)cc2)C1=O. The molecular weight excluding hydrogens is 459 g/mol. The van der Waals surface area contributed by atoms with Gasteiger partial charge in [0.05, 0.1) is 16.1 Å². The summed E-state index contributed by atoms with van der Waals surface area (Å²) < 4.78 is 61.5. The summed E-state index contributed by atoms with van der Waals surface area (Å²) >= 11 is 0. The number of anilines is 1. The van der Waals surface area contributed by atoms with Crippen LogP contribution < -0.4 is 10.2 Å². The van der Waals surface area contributed by atoms with Gasteiger partial charge in [-0.05, 0) is 55.3 Å². The van der Waals surface area contributed by atoms with Crippen molar-refractivity contribution in [3.63, 3.8) is 0 Å². The van der Waals surface area contributed by atoms with Crippen molar-refractivity contribution in [2.24, 2.45) is 0 Å². The maximum atomic E-state index is 13.3. The van der Waals surface area contributed by atoms with Gasteiger partial charge >= 0.3 is 11.5 Å². The van der Waals surface area contributed by atoms with E-state index in [-0.39, 0.29) is 12.1 Å². The highest BCUT2D eigenvalue weighted by Crippen LogP contribution is 2.34. The van der Waals surface area contributed by atoms with E-state index in [2.05, 4.69) is 10.3 Å². The molecule has 1 aliphatic heterocycles. The van der Waals surface area contributed by atoms with Gasteiger partial charge in [0.25, 0.3) is 15.7 Å². The molecule has 172 valence electrons. The summed E-state index contributed by atoms with van der Waals surface area (Å²) in [5.41, 5.74) is -4.44. The molecule has 11 heteroatoms. The van der Waals surface area contributed by atoms with Gasteiger partial charge in [-0.2, -0.15) is 13.2 Å². The van der Waals surface area contributed by atoms with Gasteiger partial charge in [-0.3, -0.25) is 9.78 Å². The topological polar surface area (TPSA) is 96.4 Å². The van der Waals surface area contributed by atoms with Crippen molar-refractivity contribution in [3.8, 4) is 0 Å². The number of para-hydroxylation sites is 1. The molecule has 33 heavy (non-hydrogen) atoms. The van der Waals surface area contributed by atoms with Crippen molar-refractivity contribution in [2.75, 3.05) is 4.90 Å². The van der Waals surface area contributed by atoms with Gasteiger partial charge in [0.2, 0.25) is 0 Å². The fourth-order valence-electron chi connectivity index (χ4n) is 3.83. The quantitative estimate of drug-likeness (QED) is 0.575. The fourth-order valence-corrected chi connectivity index (χ4v) is 4.59. The first-order valence-corrected chi connectivity index (χ1v) is 11.2. The molecule has 0 spiro atoms. The second-order valence-corrected chi connectivity index (χ2v) is 9.90. The molecule has 1 saturated heterocycles. The predicted molar refractivity (Wildman–Crippen MR) is 114 cm³/mol. The number of aryl methyl sites for hydroxylation is 1. The van der Waals surface area contributed by atoms with E-state index < -0.39 is 37.7 Å². The molecule has 0 saturated carbocycles. The van der Waals surface area contributed by atoms with Crippen LogP contribution in [0.2, 0.25) is 0 Å². The van der Waals surface area contributed by atoms with Gasteiger partial charge < -0.3 is 5.32 Å². The van der Waals surface area contributed by atoms with Gasteiger partial charge in [0.1, 0.15) is 5.54 Å². The maximum absolute atomic E-state index is 13.3. The lowest BCUT2D eigenvalue weighted by Gasteiger charge is -2.23. The van der Waals surface area contributed by atoms with E-state index >= 15 is 0 Å². The number of halogens is 3. The predicted octanol–water partition coefficient (Wildman–Crippen LogP) is 3.89. The number of nitrogens with zero attached hydrogens (tertiary/aromatic N) is 2. The number of carbonyl (C=O) groups excluding carboxylic acids is 2. The number of carbonyl (C=O) groups is 2. The lowest BCUT2D eigenvalue weighted by Crippen LogP contribution is -2.46. The number of alkyl halides is 3. The lowest BCUT2D eigenvalue weighted by atomic mass is 9.89. The molecular formula is C22H18F3N3O4S. The molecule has 1 N–H and O–H groups in total. The first-order chi connectivity index (χ1) is 15.3. The van der Waals surface area contributed by atoms with E-state index in [0.717, 1.165) is 51.2 Å². The zero-order chi connectivity index (χ0) is 24.2. The number of amides is 3. The molecule has 1 fully saturated rings. The van der Waals surface area contributed by atoms with Crippen LogP contribution in [0.5, 0.6) is 0 Å². The normalized spacial score (nSPS) is 19.2. The number of rotatable bonds is 4. The van der Waals surface area contributed by atoms with Gasteiger partial charge in [-0.1, -0.05) is 18.2 Å². The number of hydrogen-bond acceptors (Lipinski definition) is 5. The summed E-state index contributed by atoms with van der Waals surface area (Å²) in [5.74, 6) is -0.612. The van der Waals surface area contributed by atoms with E-state index in [1.54, 1.807) is 13.1 Å². The summed E-state index contributed by atoms with van der Waals surface area (Å²) in [6.07, 6.45) is 1.84. The van der Waals surface area contributed by atoms with Crippen LogP contribution >= 0.6 is 0 Å². The van der Waals surface area contributed by atoms with Crippen molar-refractivity contribution in [3.05, 3.63) is 65.9 Å². The summed E-state index contributed by atoms with van der Waals surface area (Å²) in [7, 11) is -5.54. The molecule has 0 bridgehead atoms. The van der Waals surface area contributed by atoms with Crippen LogP contribution in [0.4, 0.5) is 23.7 Å². The van der Waals surface area contributed by atoms with Crippen molar-refractivity contribution < 1.29 is 31.2 Å². The Hall–Kier alpha value is -3.47. The van der Waals surface area contributed by atoms with Gasteiger partial charge in [0, 0.05) is 18.0 Å². The lowest BCUT2D eigenvalue weighted by molar-refractivity contribution is -0.121. The number of fused-ring (bicyclic) bond motifs is 1. The molecule has 2 heterocycles. The number of imide groups is 1. The Morgan fingerprint density at radius 1 is 1.06 bits per heavy atom. The van der Waals surface area contributed by atoms with Crippen molar-refractivity contribution in [1.82, 2.24) is 10.3 Å². The summed E-state index contributed by atoms with van der Waals surface area (Å²) in [5, 5.41) is 3.49. The van der Waals surface area contributed by atoms with E-state index in [1.165, 1.54) is 0 Å². The van der Waals surface area contributed by atoms with Crippen LogP contribution in [0.15, 0.2) is 59.6 Å². The molecule has 1 unspecified atom stereocenters. The minimum atomic E-state index is -5.54. The maximum Gasteiger partial charge on any atom is 0.501 e. The van der Waals surface area contributed by atoms with Crippen LogP contribution in [0.1, 0.15) is 18.1 Å². The Balaban J connectivity index is 1.67. The first kappa shape index (κ1) is 22.7. The number of benzene rings is 2. The van der Waals surface area contributed by atoms with Crippen LogP contribution in [-0.4, -0.2) is 36.4 Å². The van der Waals surface area contributed by atoms with Gasteiger partial charge in [-0.25, -0.2) is 18.1 Å². The highest BCUT2D eigenvalue weighted by atomic mass is 32.2. The van der Waals surface area contributed by atoms with Gasteiger partial charge in [0.15, 0.2) is 0 Å². The number of urea groups is 1. The van der Waals surface area contributed by atoms with Crippen LogP contribution in [0.25, 0.3) is 10.9 Å². The van der Waals surface area contributed by atoms with E-state index in [1.807, 2.05) is 31.2 Å². The molecule has 1 atom stereocenters. The Morgan fingerprint density at radius 2 is 1.70 bits per heavy atom. The average Bonchev–Trinajstić information content (AvgIpc) is 2.97. The molecule has 3 aromatic rings. The van der Waals surface area contributed by atoms with Crippen LogP contribution in [-0.2, 0) is 21.1 Å². The summed E-state index contributed by atoms with van der Waals surface area (Å²) in [6, 6.07) is 10.0. The second kappa shape index (κ2) is 7.55. The van der Waals surface area contributed by atoms with Gasteiger partial charge in [-0.15, -0.1) is 0 Å². The Morgan fingerprint density at radius 3 is 2.33 bits per heavy atom. The molecule has 2 aromatic carbocycles. The molecule has 1 aromatic heterocycles. The fraction of sp³-hybridized carbons (Fsp3) is 0.227. The molecule has 4 rings (SSSR count). The number of nitrogens with one attached hydrogen (secondary N) is 1. The zero-order valence-corrected chi connectivity index (χ0v) is 18.3. The van der Waals surface area contributed by atoms with E-state index in [9.17, 15) is 31.2 Å². The van der Waals surface area contributed by atoms with E-state index in [4.69, 9.17) is 0 Å².